The summed E-state index contributed by atoms with van der Waals surface area (Å²) < 4.78 is 26.1. The minimum Gasteiger partial charge on any atom is -0.352 e. The Hall–Kier alpha value is -2.76. The Kier molecular flexibility index (Phi) is 6.01. The van der Waals surface area contributed by atoms with Crippen molar-refractivity contribution in [1.82, 2.24) is 5.32 Å². The molecule has 0 saturated carbocycles. The summed E-state index contributed by atoms with van der Waals surface area (Å²) in [5.74, 6) is -1.30. The quantitative estimate of drug-likeness (QED) is 0.884. The van der Waals surface area contributed by atoms with Gasteiger partial charge < -0.3 is 10.2 Å². The van der Waals surface area contributed by atoms with E-state index < -0.39 is 5.82 Å². The molecule has 0 radical (unpaired) electrons. The molecule has 6 heteroatoms. The molecule has 0 fully saturated rings. The zero-order chi connectivity index (χ0) is 17.5. The number of benzene rings is 2. The largest absolute Gasteiger partial charge is 0.352 e. The highest BCUT2D eigenvalue weighted by Crippen LogP contribution is 2.16. The molecular weight excluding hydrogens is 314 g/mol. The summed E-state index contributed by atoms with van der Waals surface area (Å²) in [5, 5.41) is 2.70. The van der Waals surface area contributed by atoms with Crippen LogP contribution in [0.1, 0.15) is 18.9 Å². The maximum atomic E-state index is 13.3. The van der Waals surface area contributed by atoms with Crippen molar-refractivity contribution in [3.05, 3.63) is 65.7 Å². The predicted octanol–water partition coefficient (Wildman–Crippen LogP) is 3.02. The van der Waals surface area contributed by atoms with Gasteiger partial charge in [0.05, 0.1) is 0 Å². The molecule has 0 aliphatic carbocycles. The minimum atomic E-state index is -0.445. The summed E-state index contributed by atoms with van der Waals surface area (Å²) >= 11 is 0. The van der Waals surface area contributed by atoms with Gasteiger partial charge in [-0.2, -0.15) is 0 Å². The number of carbonyl (C=O) groups is 2. The maximum absolute atomic E-state index is 13.3. The van der Waals surface area contributed by atoms with E-state index in [1.807, 2.05) is 0 Å². The molecule has 0 saturated heterocycles. The van der Waals surface area contributed by atoms with Gasteiger partial charge in [0.1, 0.15) is 11.6 Å². The lowest BCUT2D eigenvalue weighted by Crippen LogP contribution is -2.33. The zero-order valence-corrected chi connectivity index (χ0v) is 13.3. The van der Waals surface area contributed by atoms with E-state index in [0.717, 1.165) is 5.56 Å². The van der Waals surface area contributed by atoms with Crippen LogP contribution < -0.4 is 10.2 Å². The Bertz CT molecular complexity index is 717. The highest BCUT2D eigenvalue weighted by atomic mass is 19.1. The lowest BCUT2D eigenvalue weighted by molar-refractivity contribution is -0.121. The average molecular weight is 332 g/mol. The van der Waals surface area contributed by atoms with Crippen LogP contribution in [-0.4, -0.2) is 18.4 Å². The highest BCUT2D eigenvalue weighted by Gasteiger charge is 2.14. The second kappa shape index (κ2) is 8.19. The Labute approximate surface area is 139 Å². The summed E-state index contributed by atoms with van der Waals surface area (Å²) in [6.45, 7) is 1.79. The third kappa shape index (κ3) is 5.15. The normalized spacial score (nSPS) is 10.3. The number of hydrogen-bond donors (Lipinski definition) is 1. The molecule has 0 unspecified atom stereocenters. The molecule has 2 aromatic rings. The first-order valence-electron chi connectivity index (χ1n) is 7.50. The third-order valence-corrected chi connectivity index (χ3v) is 3.47. The monoisotopic (exact) mass is 332 g/mol. The van der Waals surface area contributed by atoms with Gasteiger partial charge in [-0.05, 0) is 35.9 Å². The molecule has 0 bridgehead atoms. The molecule has 0 heterocycles. The van der Waals surface area contributed by atoms with Crippen LogP contribution >= 0.6 is 0 Å². The molecule has 24 heavy (non-hydrogen) atoms. The number of amides is 2. The summed E-state index contributed by atoms with van der Waals surface area (Å²) in [7, 11) is 0. The zero-order valence-electron chi connectivity index (χ0n) is 13.3. The van der Waals surface area contributed by atoms with Gasteiger partial charge in [0.2, 0.25) is 11.8 Å². The van der Waals surface area contributed by atoms with Gasteiger partial charge in [0.15, 0.2) is 0 Å². The topological polar surface area (TPSA) is 49.4 Å². The van der Waals surface area contributed by atoms with Crippen LogP contribution in [0.15, 0.2) is 48.5 Å². The van der Waals surface area contributed by atoms with Crippen LogP contribution in [0.25, 0.3) is 0 Å². The predicted molar refractivity (Wildman–Crippen MR) is 87.3 cm³/mol. The van der Waals surface area contributed by atoms with Crippen LogP contribution in [-0.2, 0) is 16.1 Å². The van der Waals surface area contributed by atoms with Crippen molar-refractivity contribution in [1.29, 1.82) is 0 Å². The second-order valence-electron chi connectivity index (χ2n) is 5.30. The van der Waals surface area contributed by atoms with E-state index in [4.69, 9.17) is 0 Å². The van der Waals surface area contributed by atoms with E-state index in [1.54, 1.807) is 18.2 Å². The average Bonchev–Trinajstić information content (AvgIpc) is 2.54. The Morgan fingerprint density at radius 3 is 2.38 bits per heavy atom. The van der Waals surface area contributed by atoms with Gasteiger partial charge in [-0.1, -0.05) is 18.2 Å². The van der Waals surface area contributed by atoms with Crippen LogP contribution in [0.3, 0.4) is 0 Å². The molecule has 2 aromatic carbocycles. The molecule has 2 amide bonds. The Morgan fingerprint density at radius 1 is 1.04 bits per heavy atom. The summed E-state index contributed by atoms with van der Waals surface area (Å²) in [6.07, 6.45) is 0.0806. The van der Waals surface area contributed by atoms with E-state index >= 15 is 0 Å². The fraction of sp³-hybridized carbons (Fsp3) is 0.222. The molecule has 0 spiro atoms. The van der Waals surface area contributed by atoms with Crippen molar-refractivity contribution in [2.24, 2.45) is 0 Å². The molecule has 2 rings (SSSR count). The number of carbonyl (C=O) groups excluding carboxylic acids is 2. The van der Waals surface area contributed by atoms with E-state index in [2.05, 4.69) is 5.32 Å². The van der Waals surface area contributed by atoms with Gasteiger partial charge in [0, 0.05) is 32.1 Å². The number of nitrogens with one attached hydrogen (secondary N) is 1. The van der Waals surface area contributed by atoms with Gasteiger partial charge in [0.25, 0.3) is 0 Å². The van der Waals surface area contributed by atoms with E-state index in [-0.39, 0.29) is 37.1 Å². The molecule has 0 aromatic heterocycles. The number of anilines is 1. The van der Waals surface area contributed by atoms with Crippen molar-refractivity contribution in [2.45, 2.75) is 19.9 Å². The third-order valence-electron chi connectivity index (χ3n) is 3.47. The van der Waals surface area contributed by atoms with Crippen LogP contribution in [0.5, 0.6) is 0 Å². The molecule has 4 nitrogen and oxygen atoms in total. The number of rotatable bonds is 6. The van der Waals surface area contributed by atoms with Crippen molar-refractivity contribution in [2.75, 3.05) is 11.4 Å². The standard InChI is InChI=1S/C18H18F2N2O2/c1-13(23)22(17-4-2-3-16(20)11-17)10-9-18(24)21-12-14-5-7-15(19)8-6-14/h2-8,11H,9-10,12H2,1H3,(H,21,24). The Balaban J connectivity index is 1.88. The maximum Gasteiger partial charge on any atom is 0.223 e. The van der Waals surface area contributed by atoms with E-state index in [1.165, 1.54) is 42.2 Å². The first-order chi connectivity index (χ1) is 11.5. The number of halogens is 2. The van der Waals surface area contributed by atoms with Crippen LogP contribution in [0.4, 0.5) is 14.5 Å². The molecule has 0 aliphatic rings. The molecule has 0 atom stereocenters. The summed E-state index contributed by atoms with van der Waals surface area (Å²) in [5.41, 5.74) is 1.19. The SMILES string of the molecule is CC(=O)N(CCC(=O)NCc1ccc(F)cc1)c1cccc(F)c1. The van der Waals surface area contributed by atoms with Crippen molar-refractivity contribution >= 4 is 17.5 Å². The number of hydrogen-bond acceptors (Lipinski definition) is 2. The van der Waals surface area contributed by atoms with Gasteiger partial charge in [-0.15, -0.1) is 0 Å². The molecule has 1 N–H and O–H groups in total. The van der Waals surface area contributed by atoms with Gasteiger partial charge in [-0.25, -0.2) is 8.78 Å². The van der Waals surface area contributed by atoms with E-state index in [9.17, 15) is 18.4 Å². The summed E-state index contributed by atoms with van der Waals surface area (Å²) in [6, 6.07) is 11.5. The Morgan fingerprint density at radius 2 is 1.75 bits per heavy atom. The first-order valence-corrected chi connectivity index (χ1v) is 7.50. The van der Waals surface area contributed by atoms with Crippen molar-refractivity contribution in [3.8, 4) is 0 Å². The molecular formula is C18H18F2N2O2. The smallest absolute Gasteiger partial charge is 0.223 e. The second-order valence-corrected chi connectivity index (χ2v) is 5.30. The fourth-order valence-electron chi connectivity index (χ4n) is 2.22. The van der Waals surface area contributed by atoms with Crippen molar-refractivity contribution < 1.29 is 18.4 Å². The highest BCUT2D eigenvalue weighted by molar-refractivity contribution is 5.92. The molecule has 126 valence electrons. The number of nitrogens with zero attached hydrogens (tertiary/aromatic N) is 1. The summed E-state index contributed by atoms with van der Waals surface area (Å²) in [4.78, 5) is 25.0. The lowest BCUT2D eigenvalue weighted by atomic mass is 10.2. The lowest BCUT2D eigenvalue weighted by Gasteiger charge is -2.21. The first kappa shape index (κ1) is 17.6. The van der Waals surface area contributed by atoms with Crippen LogP contribution in [0, 0.1) is 11.6 Å². The fourth-order valence-corrected chi connectivity index (χ4v) is 2.22. The van der Waals surface area contributed by atoms with E-state index in [0.29, 0.717) is 5.69 Å². The van der Waals surface area contributed by atoms with Crippen molar-refractivity contribution in [3.63, 3.8) is 0 Å². The minimum absolute atomic E-state index is 0.0806. The molecule has 0 aliphatic heterocycles. The van der Waals surface area contributed by atoms with Crippen LogP contribution in [0.2, 0.25) is 0 Å². The van der Waals surface area contributed by atoms with Gasteiger partial charge in [-0.3, -0.25) is 9.59 Å². The van der Waals surface area contributed by atoms with Gasteiger partial charge >= 0.3 is 0 Å².